The van der Waals surface area contributed by atoms with Crippen molar-refractivity contribution in [2.45, 2.75) is 13.5 Å². The molecule has 5 nitrogen and oxygen atoms in total. The summed E-state index contributed by atoms with van der Waals surface area (Å²) in [5, 5.41) is 16.8. The Morgan fingerprint density at radius 1 is 1.63 bits per heavy atom. The molecule has 0 aliphatic carbocycles. The molecule has 2 aromatic rings. The molecule has 98 valence electrons. The second-order valence-electron chi connectivity index (χ2n) is 3.74. The van der Waals surface area contributed by atoms with Gasteiger partial charge in [-0.05, 0) is 13.0 Å². The van der Waals surface area contributed by atoms with Gasteiger partial charge in [0.15, 0.2) is 0 Å². The molecule has 0 aliphatic rings. The number of amides is 1. The minimum absolute atomic E-state index is 0.158. The second kappa shape index (κ2) is 6.18. The Hall–Kier alpha value is -2.10. The van der Waals surface area contributed by atoms with Crippen LogP contribution in [0.25, 0.3) is 0 Å². The number of nitrogens with one attached hydrogen (secondary N) is 1. The molecule has 0 aromatic carbocycles. The Bertz CT molecular complexity index is 634. The topological polar surface area (TPSA) is 75.4 Å². The van der Waals surface area contributed by atoms with Gasteiger partial charge in [0.25, 0.3) is 5.91 Å². The van der Waals surface area contributed by atoms with E-state index in [1.165, 1.54) is 17.5 Å². The molecule has 0 unspecified atom stereocenters. The van der Waals surface area contributed by atoms with Gasteiger partial charge in [0.1, 0.15) is 17.9 Å². The van der Waals surface area contributed by atoms with Crippen LogP contribution in [0.4, 0.5) is 0 Å². The molecule has 2 rings (SSSR count). The lowest BCUT2D eigenvalue weighted by atomic mass is 10.2. The number of carbonyl (C=O) groups is 1. The van der Waals surface area contributed by atoms with Crippen LogP contribution in [0.1, 0.15) is 26.6 Å². The SMILES string of the molecule is Cc1oncc1C(=O)NCc1cc(C#CCO)cs1. The summed E-state index contributed by atoms with van der Waals surface area (Å²) in [6, 6.07) is 1.88. The predicted molar refractivity (Wildman–Crippen MR) is 70.7 cm³/mol. The summed E-state index contributed by atoms with van der Waals surface area (Å²) in [6.45, 7) is 1.96. The number of aliphatic hydroxyl groups excluding tert-OH is 1. The van der Waals surface area contributed by atoms with Crippen molar-refractivity contribution in [2.75, 3.05) is 6.61 Å². The summed E-state index contributed by atoms with van der Waals surface area (Å²) in [5.41, 5.74) is 1.28. The second-order valence-corrected chi connectivity index (χ2v) is 4.74. The average Bonchev–Trinajstić information content (AvgIpc) is 3.02. The van der Waals surface area contributed by atoms with Crippen molar-refractivity contribution >= 4 is 17.2 Å². The number of aliphatic hydroxyl groups is 1. The molecule has 19 heavy (non-hydrogen) atoms. The summed E-state index contributed by atoms with van der Waals surface area (Å²) in [4.78, 5) is 12.8. The van der Waals surface area contributed by atoms with E-state index in [2.05, 4.69) is 22.3 Å². The Kier molecular flexibility index (Phi) is 4.34. The molecule has 0 fully saturated rings. The Balaban J connectivity index is 1.94. The van der Waals surface area contributed by atoms with Crippen LogP contribution < -0.4 is 5.32 Å². The van der Waals surface area contributed by atoms with Gasteiger partial charge in [0.2, 0.25) is 0 Å². The van der Waals surface area contributed by atoms with Crippen molar-refractivity contribution in [1.29, 1.82) is 0 Å². The fourth-order valence-corrected chi connectivity index (χ4v) is 2.22. The monoisotopic (exact) mass is 276 g/mol. The molecule has 0 aliphatic heterocycles. The van der Waals surface area contributed by atoms with Crippen molar-refractivity contribution in [1.82, 2.24) is 10.5 Å². The highest BCUT2D eigenvalue weighted by atomic mass is 32.1. The molecule has 0 radical (unpaired) electrons. The van der Waals surface area contributed by atoms with E-state index in [-0.39, 0.29) is 12.5 Å². The minimum Gasteiger partial charge on any atom is -0.384 e. The lowest BCUT2D eigenvalue weighted by Gasteiger charge is -2.00. The van der Waals surface area contributed by atoms with E-state index in [4.69, 9.17) is 9.63 Å². The van der Waals surface area contributed by atoms with E-state index >= 15 is 0 Å². The minimum atomic E-state index is -0.213. The fourth-order valence-electron chi connectivity index (χ4n) is 1.46. The summed E-state index contributed by atoms with van der Waals surface area (Å²) < 4.78 is 4.84. The molecular weight excluding hydrogens is 264 g/mol. The lowest BCUT2D eigenvalue weighted by molar-refractivity contribution is 0.0950. The Morgan fingerprint density at radius 3 is 3.16 bits per heavy atom. The molecule has 6 heteroatoms. The van der Waals surface area contributed by atoms with Crippen LogP contribution in [-0.2, 0) is 6.54 Å². The summed E-state index contributed by atoms with van der Waals surface area (Å²) >= 11 is 1.51. The van der Waals surface area contributed by atoms with Crippen LogP contribution in [0.15, 0.2) is 22.2 Å². The van der Waals surface area contributed by atoms with Crippen LogP contribution in [0.2, 0.25) is 0 Å². The molecule has 0 atom stereocenters. The third-order valence-corrected chi connectivity index (χ3v) is 3.32. The first-order chi connectivity index (χ1) is 9.20. The van der Waals surface area contributed by atoms with E-state index in [0.29, 0.717) is 17.9 Å². The first-order valence-corrected chi connectivity index (χ1v) is 6.45. The number of hydrogen-bond acceptors (Lipinski definition) is 5. The van der Waals surface area contributed by atoms with E-state index in [1.807, 2.05) is 11.4 Å². The smallest absolute Gasteiger partial charge is 0.256 e. The van der Waals surface area contributed by atoms with Crippen molar-refractivity contribution in [2.24, 2.45) is 0 Å². The molecule has 0 saturated heterocycles. The van der Waals surface area contributed by atoms with Gasteiger partial charge < -0.3 is 14.9 Å². The normalized spacial score (nSPS) is 9.79. The number of thiophene rings is 1. The van der Waals surface area contributed by atoms with Gasteiger partial charge in [-0.25, -0.2) is 0 Å². The zero-order valence-corrected chi connectivity index (χ0v) is 11.1. The van der Waals surface area contributed by atoms with E-state index in [9.17, 15) is 4.79 Å². The predicted octanol–water partition coefficient (Wildman–Crippen LogP) is 1.32. The maximum Gasteiger partial charge on any atom is 0.256 e. The van der Waals surface area contributed by atoms with Gasteiger partial charge in [0, 0.05) is 15.8 Å². The summed E-state index contributed by atoms with van der Waals surface area (Å²) in [6.07, 6.45) is 1.40. The maximum atomic E-state index is 11.8. The first kappa shape index (κ1) is 13.3. The number of rotatable bonds is 3. The first-order valence-electron chi connectivity index (χ1n) is 5.57. The van der Waals surface area contributed by atoms with Crippen LogP contribution in [-0.4, -0.2) is 22.8 Å². The van der Waals surface area contributed by atoms with E-state index < -0.39 is 0 Å². The Labute approximate surface area is 114 Å². The highest BCUT2D eigenvalue weighted by Crippen LogP contribution is 2.14. The van der Waals surface area contributed by atoms with Gasteiger partial charge >= 0.3 is 0 Å². The highest BCUT2D eigenvalue weighted by molar-refractivity contribution is 7.10. The van der Waals surface area contributed by atoms with Crippen molar-refractivity contribution in [3.8, 4) is 11.8 Å². The largest absolute Gasteiger partial charge is 0.384 e. The van der Waals surface area contributed by atoms with Crippen molar-refractivity contribution in [3.63, 3.8) is 0 Å². The van der Waals surface area contributed by atoms with Crippen LogP contribution >= 0.6 is 11.3 Å². The average molecular weight is 276 g/mol. The zero-order chi connectivity index (χ0) is 13.7. The fraction of sp³-hybridized carbons (Fsp3) is 0.231. The highest BCUT2D eigenvalue weighted by Gasteiger charge is 2.12. The zero-order valence-electron chi connectivity index (χ0n) is 10.3. The van der Waals surface area contributed by atoms with E-state index in [1.54, 1.807) is 6.92 Å². The van der Waals surface area contributed by atoms with Crippen molar-refractivity contribution in [3.05, 3.63) is 39.4 Å². The van der Waals surface area contributed by atoms with Gasteiger partial charge in [0.05, 0.1) is 12.7 Å². The number of aromatic nitrogens is 1. The maximum absolute atomic E-state index is 11.8. The lowest BCUT2D eigenvalue weighted by Crippen LogP contribution is -2.22. The molecule has 2 heterocycles. The number of nitrogens with zero attached hydrogens (tertiary/aromatic N) is 1. The van der Waals surface area contributed by atoms with Crippen LogP contribution in [0, 0.1) is 18.8 Å². The van der Waals surface area contributed by atoms with Gasteiger partial charge in [-0.2, -0.15) is 0 Å². The van der Waals surface area contributed by atoms with Crippen molar-refractivity contribution < 1.29 is 14.4 Å². The summed E-state index contributed by atoms with van der Waals surface area (Å²) in [7, 11) is 0. The Morgan fingerprint density at radius 2 is 2.47 bits per heavy atom. The number of hydrogen-bond donors (Lipinski definition) is 2. The number of aryl methyl sites for hydroxylation is 1. The molecular formula is C13H12N2O3S. The quantitative estimate of drug-likeness (QED) is 0.829. The third-order valence-electron chi connectivity index (χ3n) is 2.38. The third kappa shape index (κ3) is 3.44. The van der Waals surface area contributed by atoms with Gasteiger partial charge in [-0.3, -0.25) is 4.79 Å². The molecule has 0 bridgehead atoms. The standard InChI is InChI=1S/C13H12N2O3S/c1-9-12(7-15-18-9)13(17)14-6-11-5-10(8-19-11)3-2-4-16/h5,7-8,16H,4,6H2,1H3,(H,14,17). The molecule has 2 aromatic heterocycles. The number of carbonyl (C=O) groups excluding carboxylic acids is 1. The van der Waals surface area contributed by atoms with E-state index in [0.717, 1.165) is 10.4 Å². The molecule has 2 N–H and O–H groups in total. The molecule has 0 saturated carbocycles. The van der Waals surface area contributed by atoms with Gasteiger partial charge in [-0.15, -0.1) is 11.3 Å². The van der Waals surface area contributed by atoms with Gasteiger partial charge in [-0.1, -0.05) is 17.0 Å². The van der Waals surface area contributed by atoms with Crippen LogP contribution in [0.3, 0.4) is 0 Å². The summed E-state index contributed by atoms with van der Waals surface area (Å²) in [5.74, 6) is 5.67. The molecule has 0 spiro atoms. The molecule has 1 amide bonds. The van der Waals surface area contributed by atoms with Crippen LogP contribution in [0.5, 0.6) is 0 Å².